The van der Waals surface area contributed by atoms with Crippen LogP contribution in [0.25, 0.3) is 22.1 Å². The molecule has 1 N–H and O–H groups in total. The van der Waals surface area contributed by atoms with Crippen LogP contribution in [0, 0.1) is 0 Å². The number of fused-ring (bicyclic) bond motifs is 1. The summed E-state index contributed by atoms with van der Waals surface area (Å²) in [4.78, 5) is 25.1. The van der Waals surface area contributed by atoms with Gasteiger partial charge in [-0.3, -0.25) is 9.59 Å². The van der Waals surface area contributed by atoms with Crippen molar-refractivity contribution >= 4 is 26.7 Å². The van der Waals surface area contributed by atoms with Gasteiger partial charge < -0.3 is 23.9 Å². The number of benzene rings is 2. The van der Waals surface area contributed by atoms with E-state index in [1.54, 1.807) is 30.3 Å². The summed E-state index contributed by atoms with van der Waals surface area (Å²) in [7, 11) is -0.0307. The molecule has 4 rings (SSSR count). The Hall–Kier alpha value is -3.53. The first-order chi connectivity index (χ1) is 15.8. The van der Waals surface area contributed by atoms with E-state index in [0.717, 1.165) is 0 Å². The fourth-order valence-electron chi connectivity index (χ4n) is 3.73. The van der Waals surface area contributed by atoms with Gasteiger partial charge in [0, 0.05) is 12.1 Å². The second-order valence-electron chi connectivity index (χ2n) is 7.66. The van der Waals surface area contributed by atoms with Gasteiger partial charge >= 0.3 is 0 Å². The summed E-state index contributed by atoms with van der Waals surface area (Å²) in [5.41, 5.74) is 1.07. The first-order valence-electron chi connectivity index (χ1n) is 10.2. The van der Waals surface area contributed by atoms with Crippen molar-refractivity contribution < 1.29 is 31.8 Å². The summed E-state index contributed by atoms with van der Waals surface area (Å²) < 4.78 is 44.7. The van der Waals surface area contributed by atoms with Crippen molar-refractivity contribution in [1.82, 2.24) is 5.32 Å². The zero-order chi connectivity index (χ0) is 23.6. The van der Waals surface area contributed by atoms with Gasteiger partial charge in [0.1, 0.15) is 17.6 Å². The standard InChI is InChI=1S/C23H23NO8S/c1-29-19-6-3-14(9-21(19)30-2)18-11-32-20-10-16(4-5-17(20)23(18)26)31-12-22(25)24-15-7-8-33(27,28)13-15/h3-6,9-11,15H,7-8,12-13H2,1-2H3,(H,24,25)/t15-/m0/s1. The molecule has 1 atom stereocenters. The van der Waals surface area contributed by atoms with Gasteiger partial charge in [0.2, 0.25) is 0 Å². The van der Waals surface area contributed by atoms with Crippen LogP contribution in [0.4, 0.5) is 0 Å². The molecule has 0 bridgehead atoms. The van der Waals surface area contributed by atoms with Crippen LogP contribution in [-0.4, -0.2) is 52.7 Å². The van der Waals surface area contributed by atoms with Gasteiger partial charge in [0.15, 0.2) is 33.4 Å². The average Bonchev–Trinajstić information content (AvgIpc) is 3.15. The maximum atomic E-state index is 13.0. The van der Waals surface area contributed by atoms with Crippen molar-refractivity contribution in [2.24, 2.45) is 0 Å². The number of ether oxygens (including phenoxy) is 3. The van der Waals surface area contributed by atoms with Crippen LogP contribution < -0.4 is 25.0 Å². The van der Waals surface area contributed by atoms with Gasteiger partial charge in [0.05, 0.1) is 36.7 Å². The van der Waals surface area contributed by atoms with Crippen LogP contribution in [-0.2, 0) is 14.6 Å². The highest BCUT2D eigenvalue weighted by atomic mass is 32.2. The second-order valence-corrected chi connectivity index (χ2v) is 9.89. The average molecular weight is 474 g/mol. The number of carbonyl (C=O) groups is 1. The van der Waals surface area contributed by atoms with E-state index in [2.05, 4.69) is 5.32 Å². The number of carbonyl (C=O) groups excluding carboxylic acids is 1. The van der Waals surface area contributed by atoms with E-state index >= 15 is 0 Å². The third-order valence-corrected chi connectivity index (χ3v) is 7.18. The Balaban J connectivity index is 1.49. The molecule has 10 heteroatoms. The van der Waals surface area contributed by atoms with Gasteiger partial charge in [0.25, 0.3) is 5.91 Å². The Labute approximate surface area is 190 Å². The molecule has 0 aliphatic carbocycles. The molecule has 0 radical (unpaired) electrons. The number of rotatable bonds is 7. The Morgan fingerprint density at radius 1 is 1.12 bits per heavy atom. The lowest BCUT2D eigenvalue weighted by Gasteiger charge is -2.12. The van der Waals surface area contributed by atoms with E-state index in [1.165, 1.54) is 26.5 Å². The molecule has 3 aromatic rings. The number of amides is 1. The Morgan fingerprint density at radius 3 is 2.61 bits per heavy atom. The van der Waals surface area contributed by atoms with E-state index in [0.29, 0.717) is 45.8 Å². The van der Waals surface area contributed by atoms with E-state index in [-0.39, 0.29) is 23.5 Å². The molecule has 1 aliphatic rings. The summed E-state index contributed by atoms with van der Waals surface area (Å²) in [5.74, 6) is 0.996. The Bertz CT molecular complexity index is 1360. The summed E-state index contributed by atoms with van der Waals surface area (Å²) in [5, 5.41) is 3.02. The molecule has 174 valence electrons. The Kier molecular flexibility index (Phi) is 6.28. The van der Waals surface area contributed by atoms with Gasteiger partial charge in [-0.15, -0.1) is 0 Å². The summed E-state index contributed by atoms with van der Waals surface area (Å²) in [6.45, 7) is -0.282. The summed E-state index contributed by atoms with van der Waals surface area (Å²) in [6.07, 6.45) is 1.76. The number of hydrogen-bond acceptors (Lipinski definition) is 8. The number of nitrogens with one attached hydrogen (secondary N) is 1. The first-order valence-corrected chi connectivity index (χ1v) is 12.0. The quantitative estimate of drug-likeness (QED) is 0.554. The number of hydrogen-bond donors (Lipinski definition) is 1. The Morgan fingerprint density at radius 2 is 1.91 bits per heavy atom. The monoisotopic (exact) mass is 473 g/mol. The highest BCUT2D eigenvalue weighted by molar-refractivity contribution is 7.91. The lowest BCUT2D eigenvalue weighted by molar-refractivity contribution is -0.123. The maximum Gasteiger partial charge on any atom is 0.258 e. The van der Waals surface area contributed by atoms with Crippen LogP contribution in [0.3, 0.4) is 0 Å². The second kappa shape index (κ2) is 9.14. The third-order valence-electron chi connectivity index (χ3n) is 5.41. The largest absolute Gasteiger partial charge is 0.493 e. The molecule has 9 nitrogen and oxygen atoms in total. The van der Waals surface area contributed by atoms with Gasteiger partial charge in [-0.25, -0.2) is 8.42 Å². The van der Waals surface area contributed by atoms with E-state index < -0.39 is 21.8 Å². The van der Waals surface area contributed by atoms with Crippen LogP contribution in [0.15, 0.2) is 51.9 Å². The third kappa shape index (κ3) is 4.95. The molecule has 1 saturated heterocycles. The van der Waals surface area contributed by atoms with Crippen molar-refractivity contribution in [3.63, 3.8) is 0 Å². The minimum atomic E-state index is -3.08. The summed E-state index contributed by atoms with van der Waals surface area (Å²) in [6, 6.07) is 9.43. The van der Waals surface area contributed by atoms with E-state index in [4.69, 9.17) is 18.6 Å². The molecular formula is C23H23NO8S. The zero-order valence-electron chi connectivity index (χ0n) is 18.1. The lowest BCUT2D eigenvalue weighted by atomic mass is 10.0. The molecule has 2 heterocycles. The molecule has 0 saturated carbocycles. The molecule has 33 heavy (non-hydrogen) atoms. The molecule has 1 amide bonds. The van der Waals surface area contributed by atoms with Crippen molar-refractivity contribution in [2.75, 3.05) is 32.3 Å². The fourth-order valence-corrected chi connectivity index (χ4v) is 5.40. The van der Waals surface area contributed by atoms with Gasteiger partial charge in [-0.05, 0) is 36.2 Å². The molecule has 0 spiro atoms. The lowest BCUT2D eigenvalue weighted by Crippen LogP contribution is -2.38. The molecule has 1 aromatic heterocycles. The molecule has 0 unspecified atom stereocenters. The number of sulfone groups is 1. The minimum Gasteiger partial charge on any atom is -0.493 e. The van der Waals surface area contributed by atoms with Crippen LogP contribution in [0.1, 0.15) is 6.42 Å². The molecular weight excluding hydrogens is 450 g/mol. The highest BCUT2D eigenvalue weighted by Gasteiger charge is 2.28. The SMILES string of the molecule is COc1ccc(-c2coc3cc(OCC(=O)N[C@H]4CCS(=O)(=O)C4)ccc3c2=O)cc1OC. The highest BCUT2D eigenvalue weighted by Crippen LogP contribution is 2.32. The smallest absolute Gasteiger partial charge is 0.258 e. The van der Waals surface area contributed by atoms with Crippen LogP contribution in [0.2, 0.25) is 0 Å². The van der Waals surface area contributed by atoms with Crippen LogP contribution in [0.5, 0.6) is 17.2 Å². The van der Waals surface area contributed by atoms with E-state index in [9.17, 15) is 18.0 Å². The van der Waals surface area contributed by atoms with Gasteiger partial charge in [-0.2, -0.15) is 0 Å². The zero-order valence-corrected chi connectivity index (χ0v) is 18.9. The summed E-state index contributed by atoms with van der Waals surface area (Å²) >= 11 is 0. The number of methoxy groups -OCH3 is 2. The molecule has 1 fully saturated rings. The molecule has 1 aliphatic heterocycles. The van der Waals surface area contributed by atoms with E-state index in [1.807, 2.05) is 0 Å². The van der Waals surface area contributed by atoms with Crippen molar-refractivity contribution in [2.45, 2.75) is 12.5 Å². The normalized spacial score (nSPS) is 17.0. The van der Waals surface area contributed by atoms with Gasteiger partial charge in [-0.1, -0.05) is 6.07 Å². The predicted octanol–water partition coefficient (Wildman–Crippen LogP) is 2.16. The first kappa shape index (κ1) is 22.7. The fraction of sp³-hybridized carbons (Fsp3) is 0.304. The van der Waals surface area contributed by atoms with Crippen LogP contribution >= 0.6 is 0 Å². The topological polar surface area (TPSA) is 121 Å². The van der Waals surface area contributed by atoms with Crippen molar-refractivity contribution in [3.8, 4) is 28.4 Å². The maximum absolute atomic E-state index is 13.0. The van der Waals surface area contributed by atoms with Crippen molar-refractivity contribution in [3.05, 3.63) is 52.9 Å². The molecule has 2 aromatic carbocycles. The van der Waals surface area contributed by atoms with Crippen molar-refractivity contribution in [1.29, 1.82) is 0 Å². The predicted molar refractivity (Wildman–Crippen MR) is 122 cm³/mol. The minimum absolute atomic E-state index is 0.0533.